The molecule has 6 heteroatoms. The van der Waals surface area contributed by atoms with Gasteiger partial charge in [0.15, 0.2) is 0 Å². The van der Waals surface area contributed by atoms with Gasteiger partial charge in [-0.3, -0.25) is 9.48 Å². The van der Waals surface area contributed by atoms with Crippen LogP contribution in [0.4, 0.5) is 5.82 Å². The van der Waals surface area contributed by atoms with E-state index in [-0.39, 0.29) is 5.91 Å². The fourth-order valence-electron chi connectivity index (χ4n) is 1.69. The largest absolute Gasteiger partial charge is 0.305 e. The highest BCUT2D eigenvalue weighted by Crippen LogP contribution is 2.19. The van der Waals surface area contributed by atoms with Crippen LogP contribution in [0.1, 0.15) is 28.7 Å². The Labute approximate surface area is 103 Å². The molecule has 0 aliphatic rings. The van der Waals surface area contributed by atoms with E-state index in [0.29, 0.717) is 5.69 Å². The number of anilines is 1. The number of hydrogen-bond acceptors (Lipinski definition) is 4. The summed E-state index contributed by atoms with van der Waals surface area (Å²) in [5.41, 5.74) is 4.09. The molecule has 0 atom stereocenters. The van der Waals surface area contributed by atoms with Crippen molar-refractivity contribution in [1.29, 1.82) is 0 Å². The summed E-state index contributed by atoms with van der Waals surface area (Å²) in [5.74, 6) is 0.542. The molecule has 0 spiro atoms. The number of carbonyl (C=O) groups is 1. The molecule has 0 saturated carbocycles. The molecule has 0 saturated heterocycles. The average Bonchev–Trinajstić information content (AvgIpc) is 2.92. The first-order chi connectivity index (χ1) is 8.13. The van der Waals surface area contributed by atoms with Crippen LogP contribution in [0.5, 0.6) is 0 Å². The number of aryl methyl sites for hydroxylation is 2. The number of carbonyl (C=O) groups excluding carboxylic acids is 1. The summed E-state index contributed by atoms with van der Waals surface area (Å²) in [4.78, 5) is 15.8. The van der Waals surface area contributed by atoms with Crippen molar-refractivity contribution in [3.63, 3.8) is 0 Å². The first-order valence-electron chi connectivity index (χ1n) is 5.35. The van der Waals surface area contributed by atoms with Crippen LogP contribution in [0.25, 0.3) is 0 Å². The molecule has 0 aromatic carbocycles. The lowest BCUT2D eigenvalue weighted by atomic mass is 10.2. The van der Waals surface area contributed by atoms with Crippen LogP contribution in [-0.2, 0) is 13.5 Å². The second-order valence-electron chi connectivity index (χ2n) is 3.73. The maximum atomic E-state index is 11.9. The Morgan fingerprint density at radius 1 is 1.59 bits per heavy atom. The normalized spacial score (nSPS) is 10.5. The van der Waals surface area contributed by atoms with Gasteiger partial charge in [0.05, 0.1) is 11.2 Å². The van der Waals surface area contributed by atoms with Gasteiger partial charge in [0.25, 0.3) is 5.91 Å². The molecule has 90 valence electrons. The third kappa shape index (κ3) is 2.21. The molecule has 0 unspecified atom stereocenters. The quantitative estimate of drug-likeness (QED) is 0.906. The van der Waals surface area contributed by atoms with Crippen molar-refractivity contribution in [3.8, 4) is 0 Å². The van der Waals surface area contributed by atoms with Gasteiger partial charge in [-0.25, -0.2) is 4.98 Å². The third-order valence-electron chi connectivity index (χ3n) is 2.61. The van der Waals surface area contributed by atoms with E-state index in [2.05, 4.69) is 15.4 Å². The number of amides is 1. The van der Waals surface area contributed by atoms with Crippen molar-refractivity contribution in [2.24, 2.45) is 7.05 Å². The van der Waals surface area contributed by atoms with Gasteiger partial charge in [-0.2, -0.15) is 5.10 Å². The summed E-state index contributed by atoms with van der Waals surface area (Å²) in [5, 5.41) is 8.91. The third-order valence-corrected chi connectivity index (χ3v) is 3.20. The van der Waals surface area contributed by atoms with Crippen molar-refractivity contribution in [2.75, 3.05) is 5.32 Å². The molecule has 1 N–H and O–H groups in total. The summed E-state index contributed by atoms with van der Waals surface area (Å²) in [7, 11) is 1.82. The van der Waals surface area contributed by atoms with E-state index in [0.717, 1.165) is 23.5 Å². The number of nitrogens with zero attached hydrogens (tertiary/aromatic N) is 3. The monoisotopic (exact) mass is 250 g/mol. The Morgan fingerprint density at radius 2 is 2.35 bits per heavy atom. The van der Waals surface area contributed by atoms with Crippen LogP contribution in [-0.4, -0.2) is 20.7 Å². The molecule has 2 aromatic heterocycles. The van der Waals surface area contributed by atoms with Crippen LogP contribution in [0.2, 0.25) is 0 Å². The second kappa shape index (κ2) is 4.67. The van der Waals surface area contributed by atoms with E-state index in [4.69, 9.17) is 0 Å². The van der Waals surface area contributed by atoms with Crippen molar-refractivity contribution in [3.05, 3.63) is 27.8 Å². The Kier molecular flexibility index (Phi) is 3.23. The molecule has 1 amide bonds. The Balaban J connectivity index is 2.25. The first-order valence-corrected chi connectivity index (χ1v) is 6.29. The lowest BCUT2D eigenvalue weighted by Gasteiger charge is -2.04. The molecule has 0 radical (unpaired) electrons. The molecule has 2 aromatic rings. The number of thiazole rings is 1. The van der Waals surface area contributed by atoms with E-state index in [1.54, 1.807) is 15.6 Å². The van der Waals surface area contributed by atoms with Gasteiger partial charge in [-0.1, -0.05) is 6.92 Å². The number of aromatic nitrogens is 3. The van der Waals surface area contributed by atoms with Crippen LogP contribution in [0, 0.1) is 6.92 Å². The lowest BCUT2D eigenvalue weighted by molar-refractivity contribution is 0.102. The molecule has 2 heterocycles. The minimum absolute atomic E-state index is 0.194. The van der Waals surface area contributed by atoms with E-state index < -0.39 is 0 Å². The van der Waals surface area contributed by atoms with E-state index >= 15 is 0 Å². The molecule has 17 heavy (non-hydrogen) atoms. The van der Waals surface area contributed by atoms with E-state index in [1.165, 1.54) is 11.3 Å². The SMILES string of the molecule is CCc1nn(C)c(NC(=O)c2cscn2)c1C. The number of nitrogens with one attached hydrogen (secondary N) is 1. The van der Waals surface area contributed by atoms with Crippen molar-refractivity contribution >= 4 is 23.1 Å². The fourth-order valence-corrected chi connectivity index (χ4v) is 2.22. The standard InChI is InChI=1S/C11H14N4OS/c1-4-8-7(2)10(15(3)14-8)13-11(16)9-5-17-6-12-9/h5-6H,4H2,1-3H3,(H,13,16). The second-order valence-corrected chi connectivity index (χ2v) is 4.44. The summed E-state index contributed by atoms with van der Waals surface area (Å²) >= 11 is 1.40. The molecule has 2 rings (SSSR count). The average molecular weight is 250 g/mol. The van der Waals surface area contributed by atoms with E-state index in [9.17, 15) is 4.79 Å². The molecule has 0 aliphatic carbocycles. The highest BCUT2D eigenvalue weighted by atomic mass is 32.1. The fraction of sp³-hybridized carbons (Fsp3) is 0.364. The maximum Gasteiger partial charge on any atom is 0.276 e. The molecule has 0 aliphatic heterocycles. The minimum atomic E-state index is -0.194. The Morgan fingerprint density at radius 3 is 2.88 bits per heavy atom. The van der Waals surface area contributed by atoms with Crippen LogP contribution < -0.4 is 5.32 Å². The van der Waals surface area contributed by atoms with Gasteiger partial charge in [0.1, 0.15) is 11.5 Å². The van der Waals surface area contributed by atoms with E-state index in [1.807, 2.05) is 20.9 Å². The van der Waals surface area contributed by atoms with Gasteiger partial charge in [0, 0.05) is 18.0 Å². The molecule has 5 nitrogen and oxygen atoms in total. The lowest BCUT2D eigenvalue weighted by Crippen LogP contribution is -2.15. The van der Waals surface area contributed by atoms with Crippen molar-refractivity contribution < 1.29 is 4.79 Å². The highest BCUT2D eigenvalue weighted by Gasteiger charge is 2.15. The zero-order valence-corrected chi connectivity index (χ0v) is 10.8. The predicted molar refractivity (Wildman–Crippen MR) is 67.4 cm³/mol. The summed E-state index contributed by atoms with van der Waals surface area (Å²) in [6.45, 7) is 4.00. The molecule has 0 bridgehead atoms. The Hall–Kier alpha value is -1.69. The highest BCUT2D eigenvalue weighted by molar-refractivity contribution is 7.07. The zero-order valence-electron chi connectivity index (χ0n) is 10.0. The summed E-state index contributed by atoms with van der Waals surface area (Å²) in [6.07, 6.45) is 0.853. The predicted octanol–water partition coefficient (Wildman–Crippen LogP) is 2.00. The molecule has 0 fully saturated rings. The zero-order chi connectivity index (χ0) is 12.4. The smallest absolute Gasteiger partial charge is 0.276 e. The number of hydrogen-bond donors (Lipinski definition) is 1. The Bertz CT molecular complexity index is 530. The maximum absolute atomic E-state index is 11.9. The van der Waals surface area contributed by atoms with Crippen molar-refractivity contribution in [2.45, 2.75) is 20.3 Å². The van der Waals surface area contributed by atoms with Crippen LogP contribution >= 0.6 is 11.3 Å². The molecular formula is C11H14N4OS. The minimum Gasteiger partial charge on any atom is -0.305 e. The van der Waals surface area contributed by atoms with Gasteiger partial charge >= 0.3 is 0 Å². The first kappa shape index (κ1) is 11.8. The molecular weight excluding hydrogens is 236 g/mol. The summed E-state index contributed by atoms with van der Waals surface area (Å²) in [6, 6.07) is 0. The summed E-state index contributed by atoms with van der Waals surface area (Å²) < 4.78 is 1.69. The van der Waals surface area contributed by atoms with Gasteiger partial charge < -0.3 is 5.32 Å². The van der Waals surface area contributed by atoms with Gasteiger partial charge in [0.2, 0.25) is 0 Å². The van der Waals surface area contributed by atoms with Crippen molar-refractivity contribution in [1.82, 2.24) is 14.8 Å². The van der Waals surface area contributed by atoms with Gasteiger partial charge in [-0.05, 0) is 13.3 Å². The van der Waals surface area contributed by atoms with Crippen LogP contribution in [0.15, 0.2) is 10.9 Å². The number of rotatable bonds is 3. The van der Waals surface area contributed by atoms with Gasteiger partial charge in [-0.15, -0.1) is 11.3 Å². The topological polar surface area (TPSA) is 59.8 Å². The van der Waals surface area contributed by atoms with Crippen LogP contribution in [0.3, 0.4) is 0 Å².